The Morgan fingerprint density at radius 1 is 1.21 bits per heavy atom. The molecule has 156 valence electrons. The van der Waals surface area contributed by atoms with Crippen LogP contribution in [0.2, 0.25) is 0 Å². The molecule has 7 heteroatoms. The standard InChI is InChI=1S/C22H30N4O3/c1-22(2,3)29-21(27)26-18-9-10-28-16-20(26)14-24(13-18)19-11-23-25(15-19)12-17-7-5-4-6-8-17/h4-8,11,15,18,20H,9-10,12-14,16H2,1-3H3. The fraction of sp³-hybridized carbons (Fsp3) is 0.545. The van der Waals surface area contributed by atoms with Crippen LogP contribution in [0, 0.1) is 0 Å². The van der Waals surface area contributed by atoms with E-state index in [0.717, 1.165) is 25.2 Å². The highest BCUT2D eigenvalue weighted by Gasteiger charge is 2.41. The van der Waals surface area contributed by atoms with Crippen LogP contribution in [0.4, 0.5) is 10.5 Å². The lowest BCUT2D eigenvalue weighted by atomic mass is 10.0. The Morgan fingerprint density at radius 2 is 1.97 bits per heavy atom. The van der Waals surface area contributed by atoms with Gasteiger partial charge in [-0.15, -0.1) is 0 Å². The van der Waals surface area contributed by atoms with Crippen LogP contribution in [0.1, 0.15) is 32.8 Å². The van der Waals surface area contributed by atoms with Gasteiger partial charge in [0.25, 0.3) is 0 Å². The van der Waals surface area contributed by atoms with Crippen molar-refractivity contribution >= 4 is 11.8 Å². The maximum Gasteiger partial charge on any atom is 0.410 e. The van der Waals surface area contributed by atoms with Crippen LogP contribution >= 0.6 is 0 Å². The van der Waals surface area contributed by atoms with Gasteiger partial charge < -0.3 is 14.4 Å². The third-order valence-corrected chi connectivity index (χ3v) is 5.33. The van der Waals surface area contributed by atoms with Crippen molar-refractivity contribution in [1.29, 1.82) is 0 Å². The van der Waals surface area contributed by atoms with Gasteiger partial charge in [0.05, 0.1) is 37.1 Å². The zero-order valence-corrected chi connectivity index (χ0v) is 17.5. The molecule has 2 unspecified atom stereocenters. The molecule has 3 heterocycles. The molecule has 7 nitrogen and oxygen atoms in total. The van der Waals surface area contributed by atoms with Gasteiger partial charge in [0.1, 0.15) is 5.60 Å². The summed E-state index contributed by atoms with van der Waals surface area (Å²) in [5, 5.41) is 4.55. The molecular weight excluding hydrogens is 368 g/mol. The monoisotopic (exact) mass is 398 g/mol. The highest BCUT2D eigenvalue weighted by Crippen LogP contribution is 2.28. The molecule has 1 amide bonds. The van der Waals surface area contributed by atoms with Gasteiger partial charge in [0.15, 0.2) is 0 Å². The smallest absolute Gasteiger partial charge is 0.410 e. The van der Waals surface area contributed by atoms with E-state index in [-0.39, 0.29) is 18.2 Å². The van der Waals surface area contributed by atoms with Crippen molar-refractivity contribution in [3.63, 3.8) is 0 Å². The van der Waals surface area contributed by atoms with Gasteiger partial charge in [0.2, 0.25) is 0 Å². The quantitative estimate of drug-likeness (QED) is 0.795. The van der Waals surface area contributed by atoms with Crippen molar-refractivity contribution < 1.29 is 14.3 Å². The van der Waals surface area contributed by atoms with Crippen molar-refractivity contribution in [2.75, 3.05) is 31.2 Å². The molecule has 1 aromatic carbocycles. The van der Waals surface area contributed by atoms with Gasteiger partial charge in [-0.25, -0.2) is 4.79 Å². The summed E-state index contributed by atoms with van der Waals surface area (Å²) in [7, 11) is 0. The molecule has 0 aliphatic carbocycles. The molecule has 2 bridgehead atoms. The van der Waals surface area contributed by atoms with E-state index in [1.54, 1.807) is 0 Å². The average Bonchev–Trinajstić information content (AvgIpc) is 3.07. The second kappa shape index (κ2) is 8.06. The Kier molecular flexibility index (Phi) is 5.50. The minimum absolute atomic E-state index is 0.0245. The summed E-state index contributed by atoms with van der Waals surface area (Å²) >= 11 is 0. The van der Waals surface area contributed by atoms with E-state index >= 15 is 0 Å². The van der Waals surface area contributed by atoms with E-state index in [2.05, 4.69) is 28.3 Å². The van der Waals surface area contributed by atoms with Crippen molar-refractivity contribution in [2.24, 2.45) is 0 Å². The van der Waals surface area contributed by atoms with Gasteiger partial charge >= 0.3 is 6.09 Å². The molecule has 1 aromatic heterocycles. The van der Waals surface area contributed by atoms with Crippen molar-refractivity contribution in [3.05, 3.63) is 48.3 Å². The summed E-state index contributed by atoms with van der Waals surface area (Å²) in [4.78, 5) is 17.1. The molecule has 2 fully saturated rings. The predicted molar refractivity (Wildman–Crippen MR) is 111 cm³/mol. The first-order valence-electron chi connectivity index (χ1n) is 10.3. The van der Waals surface area contributed by atoms with Crippen molar-refractivity contribution in [2.45, 2.75) is 51.4 Å². The summed E-state index contributed by atoms with van der Waals surface area (Å²) in [6, 6.07) is 10.4. The second-order valence-electron chi connectivity index (χ2n) is 8.85. The Bertz CT molecular complexity index is 814. The predicted octanol–water partition coefficient (Wildman–Crippen LogP) is 3.15. The Balaban J connectivity index is 1.48. The largest absolute Gasteiger partial charge is 0.444 e. The van der Waals surface area contributed by atoms with Gasteiger partial charge in [-0.3, -0.25) is 9.58 Å². The van der Waals surface area contributed by atoms with Crippen LogP contribution < -0.4 is 4.90 Å². The number of carbonyl (C=O) groups excluding carboxylic acids is 1. The number of nitrogens with zero attached hydrogens (tertiary/aromatic N) is 4. The Hall–Kier alpha value is -2.54. The molecule has 0 saturated carbocycles. The zero-order chi connectivity index (χ0) is 20.4. The maximum absolute atomic E-state index is 12.8. The summed E-state index contributed by atoms with van der Waals surface area (Å²) in [6.45, 7) is 9.14. The number of ether oxygens (including phenoxy) is 2. The molecule has 2 aliphatic heterocycles. The van der Waals surface area contributed by atoms with Crippen LogP contribution in [-0.4, -0.2) is 64.8 Å². The molecule has 4 rings (SSSR count). The summed E-state index contributed by atoms with van der Waals surface area (Å²) in [5.74, 6) is 0. The van der Waals surface area contributed by atoms with Crippen LogP contribution in [0.15, 0.2) is 42.7 Å². The van der Waals surface area contributed by atoms with Crippen LogP contribution in [-0.2, 0) is 16.0 Å². The SMILES string of the molecule is CC(C)(C)OC(=O)N1C2CCOCC1CN(c1cnn(Cc3ccccc3)c1)C2. The Morgan fingerprint density at radius 3 is 2.72 bits per heavy atom. The first-order valence-corrected chi connectivity index (χ1v) is 10.3. The molecule has 2 aliphatic rings. The molecule has 0 radical (unpaired) electrons. The van der Waals surface area contributed by atoms with E-state index in [9.17, 15) is 4.79 Å². The molecule has 2 atom stereocenters. The second-order valence-corrected chi connectivity index (χ2v) is 8.85. The molecule has 0 spiro atoms. The first kappa shape index (κ1) is 19.8. The maximum atomic E-state index is 12.8. The van der Waals surface area contributed by atoms with Crippen LogP contribution in [0.3, 0.4) is 0 Å². The number of hydrogen-bond acceptors (Lipinski definition) is 5. The third-order valence-electron chi connectivity index (χ3n) is 5.33. The van der Waals surface area contributed by atoms with E-state index in [0.29, 0.717) is 19.8 Å². The summed E-state index contributed by atoms with van der Waals surface area (Å²) in [5.41, 5.74) is 1.80. The number of amides is 1. The molecule has 0 N–H and O–H groups in total. The Labute approximate surface area is 172 Å². The van der Waals surface area contributed by atoms with Crippen LogP contribution in [0.25, 0.3) is 0 Å². The fourth-order valence-corrected chi connectivity index (χ4v) is 4.06. The van der Waals surface area contributed by atoms with Crippen LogP contribution in [0.5, 0.6) is 0 Å². The number of piperazine rings is 1. The van der Waals surface area contributed by atoms with Gasteiger partial charge in [-0.1, -0.05) is 30.3 Å². The summed E-state index contributed by atoms with van der Waals surface area (Å²) < 4.78 is 13.4. The molecule has 2 aromatic rings. The molecular formula is C22H30N4O3. The average molecular weight is 399 g/mol. The third kappa shape index (κ3) is 4.72. The number of rotatable bonds is 3. The molecule has 29 heavy (non-hydrogen) atoms. The minimum Gasteiger partial charge on any atom is -0.444 e. The summed E-state index contributed by atoms with van der Waals surface area (Å²) in [6.07, 6.45) is 4.57. The first-order chi connectivity index (χ1) is 13.9. The van der Waals surface area contributed by atoms with E-state index < -0.39 is 5.60 Å². The number of carbonyl (C=O) groups is 1. The van der Waals surface area contributed by atoms with Crippen molar-refractivity contribution in [3.8, 4) is 0 Å². The van der Waals surface area contributed by atoms with E-state index in [4.69, 9.17) is 9.47 Å². The topological polar surface area (TPSA) is 59.8 Å². The van der Waals surface area contributed by atoms with Crippen molar-refractivity contribution in [1.82, 2.24) is 14.7 Å². The fourth-order valence-electron chi connectivity index (χ4n) is 4.06. The van der Waals surface area contributed by atoms with Gasteiger partial charge in [0, 0.05) is 25.9 Å². The lowest BCUT2D eigenvalue weighted by Crippen LogP contribution is -2.61. The number of benzene rings is 1. The number of hydrogen-bond donors (Lipinski definition) is 0. The van der Waals surface area contributed by atoms with Gasteiger partial charge in [-0.2, -0.15) is 5.10 Å². The number of fused-ring (bicyclic) bond motifs is 2. The van der Waals surface area contributed by atoms with Gasteiger partial charge in [-0.05, 0) is 32.8 Å². The number of anilines is 1. The lowest BCUT2D eigenvalue weighted by molar-refractivity contribution is -0.00100. The highest BCUT2D eigenvalue weighted by molar-refractivity contribution is 5.70. The lowest BCUT2D eigenvalue weighted by Gasteiger charge is -2.45. The minimum atomic E-state index is -0.503. The normalized spacial score (nSPS) is 22.3. The molecule has 2 saturated heterocycles. The zero-order valence-electron chi connectivity index (χ0n) is 17.5. The number of aromatic nitrogens is 2. The van der Waals surface area contributed by atoms with E-state index in [1.165, 1.54) is 5.56 Å². The highest BCUT2D eigenvalue weighted by atomic mass is 16.6. The van der Waals surface area contributed by atoms with E-state index in [1.807, 2.05) is 54.7 Å².